The van der Waals surface area contributed by atoms with Crippen LogP contribution in [0.15, 0.2) is 23.3 Å². The van der Waals surface area contributed by atoms with Gasteiger partial charge in [0.2, 0.25) is 0 Å². The van der Waals surface area contributed by atoms with Crippen molar-refractivity contribution in [1.29, 1.82) is 0 Å². The average molecular weight is 229 g/mol. The zero-order valence-corrected chi connectivity index (χ0v) is 9.34. The summed E-state index contributed by atoms with van der Waals surface area (Å²) in [6, 6.07) is 5.16. The predicted octanol–water partition coefficient (Wildman–Crippen LogP) is 2.75. The van der Waals surface area contributed by atoms with Gasteiger partial charge in [0.05, 0.1) is 5.56 Å². The van der Waals surface area contributed by atoms with E-state index in [4.69, 9.17) is 10.6 Å². The second kappa shape index (κ2) is 6.21. The van der Waals surface area contributed by atoms with E-state index in [0.29, 0.717) is 17.5 Å². The maximum absolute atomic E-state index is 11.0. The van der Waals surface area contributed by atoms with Gasteiger partial charge in [0.25, 0.3) is 0 Å². The van der Waals surface area contributed by atoms with Crippen LogP contribution in [0.4, 0.5) is 0 Å². The molecule has 0 amide bonds. The maximum Gasteiger partial charge on any atom is 0.337 e. The predicted molar refractivity (Wildman–Crippen MR) is 63.6 cm³/mol. The Morgan fingerprint density at radius 2 is 2.35 bits per heavy atom. The fourth-order valence-corrected chi connectivity index (χ4v) is 1.36. The summed E-state index contributed by atoms with van der Waals surface area (Å²) in [6.07, 6.45) is 0.414. The molecule has 86 valence electrons. The zero-order valence-electron chi connectivity index (χ0n) is 9.34. The molecule has 0 heterocycles. The highest BCUT2D eigenvalue weighted by atomic mass is 16.4. The smallest absolute Gasteiger partial charge is 0.337 e. The summed E-state index contributed by atoms with van der Waals surface area (Å²) in [4.78, 5) is 13.6. The average Bonchev–Trinajstić information content (AvgIpc) is 2.28. The first-order valence-corrected chi connectivity index (χ1v) is 4.99. The molecule has 0 aromatic heterocycles. The van der Waals surface area contributed by atoms with Crippen LogP contribution in [-0.4, -0.2) is 17.6 Å². The van der Waals surface area contributed by atoms with Crippen LogP contribution in [0, 0.1) is 18.8 Å². The fourth-order valence-electron chi connectivity index (χ4n) is 1.36. The Balaban J connectivity index is 2.94. The molecule has 5 heteroatoms. The van der Waals surface area contributed by atoms with Gasteiger partial charge in [-0.2, -0.15) is 0 Å². The number of nitrogens with zero attached hydrogens (tertiary/aromatic N) is 3. The first-order valence-electron chi connectivity index (χ1n) is 4.99. The molecule has 5 nitrogen and oxygen atoms in total. The first-order chi connectivity index (χ1) is 8.16. The summed E-state index contributed by atoms with van der Waals surface area (Å²) in [5, 5.41) is 12.4. The highest BCUT2D eigenvalue weighted by molar-refractivity contribution is 5.92. The zero-order chi connectivity index (χ0) is 12.7. The second-order valence-corrected chi connectivity index (χ2v) is 3.31. The van der Waals surface area contributed by atoms with Gasteiger partial charge in [0.1, 0.15) is 0 Å². The second-order valence-electron chi connectivity index (χ2n) is 3.31. The van der Waals surface area contributed by atoms with Crippen LogP contribution in [-0.2, 0) is 0 Å². The highest BCUT2D eigenvalue weighted by Gasteiger charge is 2.10. The molecule has 1 rings (SSSR count). The van der Waals surface area contributed by atoms with Gasteiger partial charge in [-0.05, 0) is 24.1 Å². The topological polar surface area (TPSA) is 86.1 Å². The third-order valence-electron chi connectivity index (χ3n) is 2.11. The molecule has 1 aromatic rings. The maximum atomic E-state index is 11.0. The SMILES string of the molecule is Cc1cccc(C#CCCN=[N+]=[N-])c1C(=O)O. The number of azide groups is 1. The minimum absolute atomic E-state index is 0.226. The van der Waals surface area contributed by atoms with Crippen molar-refractivity contribution in [3.63, 3.8) is 0 Å². The van der Waals surface area contributed by atoms with Gasteiger partial charge in [-0.3, -0.25) is 0 Å². The summed E-state index contributed by atoms with van der Waals surface area (Å²) in [6.45, 7) is 2.02. The minimum Gasteiger partial charge on any atom is -0.478 e. The van der Waals surface area contributed by atoms with E-state index in [1.165, 1.54) is 0 Å². The first kappa shape index (κ1) is 12.6. The molecule has 0 fully saturated rings. The molecule has 0 saturated carbocycles. The van der Waals surface area contributed by atoms with Crippen LogP contribution >= 0.6 is 0 Å². The lowest BCUT2D eigenvalue weighted by molar-refractivity contribution is 0.0696. The van der Waals surface area contributed by atoms with Crippen molar-refractivity contribution in [2.75, 3.05) is 6.54 Å². The van der Waals surface area contributed by atoms with E-state index in [9.17, 15) is 4.79 Å². The van der Waals surface area contributed by atoms with Crippen molar-refractivity contribution in [3.8, 4) is 11.8 Å². The number of hydrogen-bond acceptors (Lipinski definition) is 2. The van der Waals surface area contributed by atoms with Gasteiger partial charge in [0.15, 0.2) is 0 Å². The quantitative estimate of drug-likeness (QED) is 0.284. The number of aromatic carboxylic acids is 1. The molecule has 0 bridgehead atoms. The molecule has 0 atom stereocenters. The lowest BCUT2D eigenvalue weighted by atomic mass is 10.0. The molecule has 0 aliphatic heterocycles. The minimum atomic E-state index is -0.984. The largest absolute Gasteiger partial charge is 0.478 e. The molecular formula is C12H11N3O2. The van der Waals surface area contributed by atoms with Crippen molar-refractivity contribution in [1.82, 2.24) is 0 Å². The van der Waals surface area contributed by atoms with Crippen LogP contribution < -0.4 is 0 Å². The summed E-state index contributed by atoms with van der Waals surface area (Å²) in [5.74, 6) is 4.58. The normalized spacial score (nSPS) is 8.76. The van der Waals surface area contributed by atoms with E-state index in [0.717, 1.165) is 0 Å². The number of hydrogen-bond donors (Lipinski definition) is 1. The van der Waals surface area contributed by atoms with E-state index in [-0.39, 0.29) is 12.1 Å². The number of carbonyl (C=O) groups is 1. The monoisotopic (exact) mass is 229 g/mol. The van der Waals surface area contributed by atoms with Gasteiger partial charge < -0.3 is 5.11 Å². The Hall–Kier alpha value is -2.44. The molecule has 1 aromatic carbocycles. The van der Waals surface area contributed by atoms with Crippen LogP contribution in [0.5, 0.6) is 0 Å². The van der Waals surface area contributed by atoms with Crippen molar-refractivity contribution < 1.29 is 9.90 Å². The Kier molecular flexibility index (Phi) is 4.61. The van der Waals surface area contributed by atoms with Gasteiger partial charge in [-0.15, -0.1) is 0 Å². The third-order valence-corrected chi connectivity index (χ3v) is 2.11. The fraction of sp³-hybridized carbons (Fsp3) is 0.250. The number of benzene rings is 1. The molecule has 0 radical (unpaired) electrons. The Morgan fingerprint density at radius 3 is 3.00 bits per heavy atom. The molecule has 0 spiro atoms. The lowest BCUT2D eigenvalue weighted by Crippen LogP contribution is -2.02. The molecule has 0 aliphatic carbocycles. The van der Waals surface area contributed by atoms with Crippen molar-refractivity contribution in [2.45, 2.75) is 13.3 Å². The number of rotatable bonds is 3. The van der Waals surface area contributed by atoms with E-state index < -0.39 is 5.97 Å². The number of aryl methyl sites for hydroxylation is 1. The summed E-state index contributed by atoms with van der Waals surface area (Å²) in [7, 11) is 0. The van der Waals surface area contributed by atoms with Crippen LogP contribution in [0.1, 0.15) is 27.9 Å². The highest BCUT2D eigenvalue weighted by Crippen LogP contribution is 2.13. The molecule has 0 unspecified atom stereocenters. The Bertz CT molecular complexity index is 534. The van der Waals surface area contributed by atoms with Crippen molar-refractivity contribution >= 4 is 5.97 Å². The van der Waals surface area contributed by atoms with Gasteiger partial charge >= 0.3 is 5.97 Å². The number of carboxylic acids is 1. The van der Waals surface area contributed by atoms with Crippen LogP contribution in [0.3, 0.4) is 0 Å². The number of carboxylic acid groups (broad SMARTS) is 1. The molecule has 1 N–H and O–H groups in total. The molecule has 17 heavy (non-hydrogen) atoms. The standard InChI is InChI=1S/C12H11N3O2/c1-9-5-4-7-10(11(9)12(16)17)6-2-3-8-14-15-13/h4-5,7H,3,8H2,1H3,(H,16,17). The van der Waals surface area contributed by atoms with Gasteiger partial charge in [-0.1, -0.05) is 29.1 Å². The van der Waals surface area contributed by atoms with Gasteiger partial charge in [-0.25, -0.2) is 4.79 Å². The van der Waals surface area contributed by atoms with Crippen molar-refractivity contribution in [2.24, 2.45) is 5.11 Å². The van der Waals surface area contributed by atoms with Gasteiger partial charge in [0, 0.05) is 23.4 Å². The Morgan fingerprint density at radius 1 is 1.59 bits per heavy atom. The van der Waals surface area contributed by atoms with E-state index in [1.54, 1.807) is 25.1 Å². The van der Waals surface area contributed by atoms with E-state index in [2.05, 4.69) is 21.9 Å². The third kappa shape index (κ3) is 3.56. The van der Waals surface area contributed by atoms with Crippen molar-refractivity contribution in [3.05, 3.63) is 45.3 Å². The Labute approximate surface area is 98.7 Å². The summed E-state index contributed by atoms with van der Waals surface area (Å²) >= 11 is 0. The molecule has 0 saturated heterocycles. The molecular weight excluding hydrogens is 218 g/mol. The molecule has 0 aliphatic rings. The van der Waals surface area contributed by atoms with Crippen LogP contribution in [0.25, 0.3) is 10.4 Å². The van der Waals surface area contributed by atoms with Crippen LogP contribution in [0.2, 0.25) is 0 Å². The summed E-state index contributed by atoms with van der Waals surface area (Å²) < 4.78 is 0. The lowest BCUT2D eigenvalue weighted by Gasteiger charge is -2.02. The van der Waals surface area contributed by atoms with E-state index in [1.807, 2.05) is 0 Å². The summed E-state index contributed by atoms with van der Waals surface area (Å²) in [5.41, 5.74) is 9.46. The van der Waals surface area contributed by atoms with E-state index >= 15 is 0 Å².